The SMILES string of the molecule is CC(C)n1c(C=Cc2ccc(F)cc2)nc2ccccc21. The fourth-order valence-electron chi connectivity index (χ4n) is 2.47. The van der Waals surface area contributed by atoms with Crippen molar-refractivity contribution < 1.29 is 4.39 Å². The minimum absolute atomic E-state index is 0.221. The average molecular weight is 280 g/mol. The molecule has 1 aromatic heterocycles. The van der Waals surface area contributed by atoms with Gasteiger partial charge in [0, 0.05) is 6.04 Å². The number of hydrogen-bond acceptors (Lipinski definition) is 1. The molecule has 0 N–H and O–H groups in total. The minimum Gasteiger partial charge on any atom is -0.322 e. The van der Waals surface area contributed by atoms with Crippen LogP contribution < -0.4 is 0 Å². The maximum Gasteiger partial charge on any atom is 0.134 e. The molecule has 0 bridgehead atoms. The van der Waals surface area contributed by atoms with E-state index in [1.54, 1.807) is 12.1 Å². The third kappa shape index (κ3) is 2.72. The molecule has 0 saturated carbocycles. The van der Waals surface area contributed by atoms with Crippen LogP contribution in [-0.2, 0) is 0 Å². The van der Waals surface area contributed by atoms with E-state index in [1.807, 2.05) is 30.4 Å². The number of hydrogen-bond donors (Lipinski definition) is 0. The first-order chi connectivity index (χ1) is 10.1. The lowest BCUT2D eigenvalue weighted by atomic mass is 10.2. The quantitative estimate of drug-likeness (QED) is 0.665. The topological polar surface area (TPSA) is 17.8 Å². The van der Waals surface area contributed by atoms with Gasteiger partial charge in [-0.15, -0.1) is 0 Å². The van der Waals surface area contributed by atoms with Crippen molar-refractivity contribution in [3.63, 3.8) is 0 Å². The molecule has 21 heavy (non-hydrogen) atoms. The van der Waals surface area contributed by atoms with Gasteiger partial charge >= 0.3 is 0 Å². The summed E-state index contributed by atoms with van der Waals surface area (Å²) in [4.78, 5) is 4.67. The van der Waals surface area contributed by atoms with E-state index in [0.29, 0.717) is 6.04 Å². The second-order valence-corrected chi connectivity index (χ2v) is 5.31. The van der Waals surface area contributed by atoms with Gasteiger partial charge in [0.15, 0.2) is 0 Å². The van der Waals surface area contributed by atoms with Gasteiger partial charge in [0.1, 0.15) is 11.6 Å². The maximum absolute atomic E-state index is 12.9. The molecule has 0 aliphatic carbocycles. The molecule has 0 atom stereocenters. The summed E-state index contributed by atoms with van der Waals surface area (Å²) in [5.41, 5.74) is 3.08. The zero-order valence-electron chi connectivity index (χ0n) is 12.1. The molecule has 0 unspecified atom stereocenters. The number of rotatable bonds is 3. The molecule has 0 saturated heterocycles. The molecule has 0 amide bonds. The molecular formula is C18H17FN2. The van der Waals surface area contributed by atoms with Crippen LogP contribution in [0.5, 0.6) is 0 Å². The van der Waals surface area contributed by atoms with Gasteiger partial charge in [-0.1, -0.05) is 30.3 Å². The van der Waals surface area contributed by atoms with Crippen LogP contribution in [0.2, 0.25) is 0 Å². The van der Waals surface area contributed by atoms with E-state index < -0.39 is 0 Å². The van der Waals surface area contributed by atoms with Gasteiger partial charge in [0.2, 0.25) is 0 Å². The number of para-hydroxylation sites is 2. The fourth-order valence-corrected chi connectivity index (χ4v) is 2.47. The standard InChI is InChI=1S/C18H17FN2/c1-13(2)21-17-6-4-3-5-16(17)20-18(21)12-9-14-7-10-15(19)11-8-14/h3-13H,1-2H3. The number of imidazole rings is 1. The van der Waals surface area contributed by atoms with E-state index in [2.05, 4.69) is 29.5 Å². The Bertz CT molecular complexity index is 783. The summed E-state index contributed by atoms with van der Waals surface area (Å²) in [5.74, 6) is 0.692. The Morgan fingerprint density at radius 3 is 2.43 bits per heavy atom. The van der Waals surface area contributed by atoms with Crippen LogP contribution in [0.1, 0.15) is 31.3 Å². The second kappa shape index (κ2) is 5.52. The van der Waals surface area contributed by atoms with Crippen molar-refractivity contribution in [3.8, 4) is 0 Å². The third-order valence-corrected chi connectivity index (χ3v) is 3.43. The molecule has 3 aromatic rings. The molecule has 0 fully saturated rings. The van der Waals surface area contributed by atoms with Crippen LogP contribution in [0.25, 0.3) is 23.2 Å². The van der Waals surface area contributed by atoms with E-state index in [0.717, 1.165) is 22.4 Å². The smallest absolute Gasteiger partial charge is 0.134 e. The van der Waals surface area contributed by atoms with Gasteiger partial charge < -0.3 is 4.57 Å². The summed E-state index contributed by atoms with van der Waals surface area (Å²) < 4.78 is 15.1. The first kappa shape index (κ1) is 13.6. The summed E-state index contributed by atoms with van der Waals surface area (Å²) in [5, 5.41) is 0. The van der Waals surface area contributed by atoms with Crippen molar-refractivity contribution in [3.05, 3.63) is 65.7 Å². The highest BCUT2D eigenvalue weighted by Crippen LogP contribution is 2.22. The lowest BCUT2D eigenvalue weighted by molar-refractivity contribution is 0.612. The van der Waals surface area contributed by atoms with Crippen molar-refractivity contribution in [2.24, 2.45) is 0 Å². The minimum atomic E-state index is -0.221. The molecule has 106 valence electrons. The highest BCUT2D eigenvalue weighted by Gasteiger charge is 2.10. The predicted octanol–water partition coefficient (Wildman–Crippen LogP) is 4.93. The molecule has 0 aliphatic rings. The van der Waals surface area contributed by atoms with Crippen LogP contribution in [0.4, 0.5) is 4.39 Å². The highest BCUT2D eigenvalue weighted by atomic mass is 19.1. The number of aromatic nitrogens is 2. The third-order valence-electron chi connectivity index (χ3n) is 3.43. The summed E-state index contributed by atoms with van der Waals surface area (Å²) in [6.45, 7) is 4.28. The first-order valence-electron chi connectivity index (χ1n) is 7.06. The van der Waals surface area contributed by atoms with Gasteiger partial charge in [0.05, 0.1) is 11.0 Å². The fraction of sp³-hybridized carbons (Fsp3) is 0.167. The summed E-state index contributed by atoms with van der Waals surface area (Å²) in [7, 11) is 0. The molecule has 2 nitrogen and oxygen atoms in total. The average Bonchev–Trinajstić information content (AvgIpc) is 2.85. The van der Waals surface area contributed by atoms with E-state index in [-0.39, 0.29) is 5.82 Å². The van der Waals surface area contributed by atoms with Crippen LogP contribution in [0, 0.1) is 5.82 Å². The van der Waals surface area contributed by atoms with Gasteiger partial charge in [0.25, 0.3) is 0 Å². The Labute approximate surface area is 123 Å². The largest absolute Gasteiger partial charge is 0.322 e. The zero-order chi connectivity index (χ0) is 14.8. The monoisotopic (exact) mass is 280 g/mol. The molecule has 0 spiro atoms. The molecule has 0 aliphatic heterocycles. The number of fused-ring (bicyclic) bond motifs is 1. The summed E-state index contributed by atoms with van der Waals surface area (Å²) in [6.07, 6.45) is 3.94. The van der Waals surface area contributed by atoms with Gasteiger partial charge in [-0.3, -0.25) is 0 Å². The van der Waals surface area contributed by atoms with Crippen molar-refractivity contribution in [1.29, 1.82) is 0 Å². The Kier molecular flexibility index (Phi) is 3.57. The van der Waals surface area contributed by atoms with E-state index in [1.165, 1.54) is 12.1 Å². The molecule has 2 aromatic carbocycles. The van der Waals surface area contributed by atoms with Crippen molar-refractivity contribution in [2.45, 2.75) is 19.9 Å². The predicted molar refractivity (Wildman–Crippen MR) is 85.4 cm³/mol. The van der Waals surface area contributed by atoms with E-state index in [9.17, 15) is 4.39 Å². The maximum atomic E-state index is 12.9. The number of benzene rings is 2. The van der Waals surface area contributed by atoms with Gasteiger partial charge in [-0.2, -0.15) is 0 Å². The second-order valence-electron chi connectivity index (χ2n) is 5.31. The van der Waals surface area contributed by atoms with Crippen molar-refractivity contribution in [1.82, 2.24) is 9.55 Å². The first-order valence-corrected chi connectivity index (χ1v) is 7.06. The summed E-state index contributed by atoms with van der Waals surface area (Å²) in [6, 6.07) is 14.9. The molecule has 1 heterocycles. The van der Waals surface area contributed by atoms with Crippen LogP contribution >= 0.6 is 0 Å². The molecular weight excluding hydrogens is 263 g/mol. The Morgan fingerprint density at radius 1 is 1.00 bits per heavy atom. The highest BCUT2D eigenvalue weighted by molar-refractivity contribution is 5.80. The lowest BCUT2D eigenvalue weighted by Crippen LogP contribution is -2.02. The van der Waals surface area contributed by atoms with E-state index >= 15 is 0 Å². The normalized spacial score (nSPS) is 11.8. The molecule has 3 rings (SSSR count). The molecule has 0 radical (unpaired) electrons. The van der Waals surface area contributed by atoms with Crippen molar-refractivity contribution in [2.75, 3.05) is 0 Å². The zero-order valence-corrected chi connectivity index (χ0v) is 12.1. The van der Waals surface area contributed by atoms with Gasteiger partial charge in [-0.05, 0) is 49.8 Å². The lowest BCUT2D eigenvalue weighted by Gasteiger charge is -2.10. The van der Waals surface area contributed by atoms with Crippen LogP contribution in [0.3, 0.4) is 0 Å². The Balaban J connectivity index is 2.03. The molecule has 3 heteroatoms. The van der Waals surface area contributed by atoms with E-state index in [4.69, 9.17) is 0 Å². The van der Waals surface area contributed by atoms with Crippen LogP contribution in [-0.4, -0.2) is 9.55 Å². The summed E-state index contributed by atoms with van der Waals surface area (Å²) >= 11 is 0. The van der Waals surface area contributed by atoms with Gasteiger partial charge in [-0.25, -0.2) is 9.37 Å². The van der Waals surface area contributed by atoms with Crippen molar-refractivity contribution >= 4 is 23.2 Å². The van der Waals surface area contributed by atoms with Crippen LogP contribution in [0.15, 0.2) is 48.5 Å². The Morgan fingerprint density at radius 2 is 1.71 bits per heavy atom. The number of halogens is 1. The Hall–Kier alpha value is -2.42. The number of nitrogens with zero attached hydrogens (tertiary/aromatic N) is 2.